The van der Waals surface area contributed by atoms with Crippen LogP contribution >= 0.6 is 11.6 Å². The summed E-state index contributed by atoms with van der Waals surface area (Å²) >= 11 is 5.92. The van der Waals surface area contributed by atoms with Gasteiger partial charge in [0.15, 0.2) is 0 Å². The molecule has 2 N–H and O–H groups in total. The second kappa shape index (κ2) is 5.14. The van der Waals surface area contributed by atoms with Gasteiger partial charge in [0.05, 0.1) is 6.61 Å². The Morgan fingerprint density at radius 3 is 2.80 bits per heavy atom. The van der Waals surface area contributed by atoms with Crippen LogP contribution in [0.2, 0.25) is 0 Å². The summed E-state index contributed by atoms with van der Waals surface area (Å²) in [7, 11) is 1.59. The van der Waals surface area contributed by atoms with Gasteiger partial charge in [-0.3, -0.25) is 4.79 Å². The largest absolute Gasteiger partial charge is 0.380 e. The van der Waals surface area contributed by atoms with Crippen LogP contribution < -0.4 is 5.73 Å². The number of hydrogen-bond donors (Lipinski definition) is 1. The van der Waals surface area contributed by atoms with Crippen molar-refractivity contribution >= 4 is 17.5 Å². The summed E-state index contributed by atoms with van der Waals surface area (Å²) in [4.78, 5) is 11.0. The molecular weight excluding hydrogens is 214 g/mol. The van der Waals surface area contributed by atoms with Crippen LogP contribution in [0.4, 0.5) is 0 Å². The van der Waals surface area contributed by atoms with E-state index >= 15 is 0 Å². The molecule has 4 heteroatoms. The second-order valence-corrected chi connectivity index (χ2v) is 3.84. The van der Waals surface area contributed by atoms with Crippen LogP contribution in [0.5, 0.6) is 0 Å². The summed E-state index contributed by atoms with van der Waals surface area (Å²) in [6.45, 7) is 2.36. The molecule has 0 bridgehead atoms. The van der Waals surface area contributed by atoms with E-state index in [0.717, 1.165) is 16.7 Å². The molecule has 3 nitrogen and oxygen atoms in total. The molecule has 0 radical (unpaired) electrons. The Bertz CT molecular complexity index is 366. The van der Waals surface area contributed by atoms with Crippen molar-refractivity contribution in [1.29, 1.82) is 0 Å². The van der Waals surface area contributed by atoms with Crippen molar-refractivity contribution in [3.63, 3.8) is 0 Å². The molecule has 1 atom stereocenters. The van der Waals surface area contributed by atoms with E-state index in [1.165, 1.54) is 0 Å². The first-order valence-electron chi connectivity index (χ1n) is 4.58. The van der Waals surface area contributed by atoms with Gasteiger partial charge >= 0.3 is 0 Å². The van der Waals surface area contributed by atoms with Crippen molar-refractivity contribution in [1.82, 2.24) is 0 Å². The Hall–Kier alpha value is -1.06. The summed E-state index contributed by atoms with van der Waals surface area (Å²) in [5.41, 5.74) is 7.83. The highest BCUT2D eigenvalue weighted by Crippen LogP contribution is 2.25. The molecule has 0 aliphatic carbocycles. The standard InChI is InChI=1S/C11H14ClNO2/c1-7-3-4-8(6-15-2)9(5-7)10(12)11(13)14/h3-5,10H,6H2,1-2H3,(H2,13,14). The minimum absolute atomic E-state index is 0.423. The first-order chi connectivity index (χ1) is 7.06. The third kappa shape index (κ3) is 2.94. The molecule has 0 fully saturated rings. The van der Waals surface area contributed by atoms with Crippen LogP contribution in [0, 0.1) is 6.92 Å². The molecule has 1 aromatic rings. The molecule has 0 aliphatic heterocycles. The lowest BCUT2D eigenvalue weighted by Gasteiger charge is -2.12. The molecule has 0 heterocycles. The summed E-state index contributed by atoms with van der Waals surface area (Å²) < 4.78 is 5.03. The molecule has 82 valence electrons. The predicted octanol–water partition coefficient (Wildman–Crippen LogP) is 1.91. The van der Waals surface area contributed by atoms with E-state index in [4.69, 9.17) is 22.1 Å². The quantitative estimate of drug-likeness (QED) is 0.799. The summed E-state index contributed by atoms with van der Waals surface area (Å²) in [6.07, 6.45) is 0. The van der Waals surface area contributed by atoms with Gasteiger partial charge in [0, 0.05) is 7.11 Å². The molecule has 0 saturated heterocycles. The number of ether oxygens (including phenoxy) is 1. The lowest BCUT2D eigenvalue weighted by molar-refractivity contribution is -0.117. The fourth-order valence-electron chi connectivity index (χ4n) is 1.39. The maximum absolute atomic E-state index is 11.0. The smallest absolute Gasteiger partial charge is 0.240 e. The summed E-state index contributed by atoms with van der Waals surface area (Å²) in [5.74, 6) is -0.542. The van der Waals surface area contributed by atoms with Gasteiger partial charge in [-0.1, -0.05) is 23.8 Å². The van der Waals surface area contributed by atoms with E-state index in [1.807, 2.05) is 25.1 Å². The van der Waals surface area contributed by atoms with Crippen molar-refractivity contribution < 1.29 is 9.53 Å². The summed E-state index contributed by atoms with van der Waals surface area (Å²) in [5, 5.41) is -0.796. The molecule has 0 aromatic heterocycles. The Kier molecular flexibility index (Phi) is 4.12. The van der Waals surface area contributed by atoms with E-state index < -0.39 is 11.3 Å². The van der Waals surface area contributed by atoms with Crippen LogP contribution in [-0.4, -0.2) is 13.0 Å². The van der Waals surface area contributed by atoms with Crippen LogP contribution in [0.25, 0.3) is 0 Å². The highest BCUT2D eigenvalue weighted by atomic mass is 35.5. The van der Waals surface area contributed by atoms with Gasteiger partial charge in [-0.25, -0.2) is 0 Å². The van der Waals surface area contributed by atoms with Crippen molar-refractivity contribution in [3.05, 3.63) is 34.9 Å². The van der Waals surface area contributed by atoms with Crippen LogP contribution in [-0.2, 0) is 16.1 Å². The van der Waals surface area contributed by atoms with Gasteiger partial charge in [0.25, 0.3) is 0 Å². The topological polar surface area (TPSA) is 52.3 Å². The number of methoxy groups -OCH3 is 1. The van der Waals surface area contributed by atoms with Gasteiger partial charge in [-0.2, -0.15) is 0 Å². The Balaban J connectivity index is 3.11. The van der Waals surface area contributed by atoms with Crippen molar-refractivity contribution in [2.75, 3.05) is 7.11 Å². The lowest BCUT2D eigenvalue weighted by atomic mass is 10.0. The number of carbonyl (C=O) groups excluding carboxylic acids is 1. The number of amides is 1. The van der Waals surface area contributed by atoms with Gasteiger partial charge in [-0.05, 0) is 18.1 Å². The Labute approximate surface area is 94.2 Å². The third-order valence-electron chi connectivity index (χ3n) is 2.12. The van der Waals surface area contributed by atoms with E-state index in [2.05, 4.69) is 0 Å². The number of rotatable bonds is 4. The van der Waals surface area contributed by atoms with E-state index in [-0.39, 0.29) is 0 Å². The fourth-order valence-corrected chi connectivity index (χ4v) is 1.59. The highest BCUT2D eigenvalue weighted by molar-refractivity contribution is 6.30. The molecule has 0 aliphatic rings. The van der Waals surface area contributed by atoms with Gasteiger partial charge in [-0.15, -0.1) is 11.6 Å². The monoisotopic (exact) mass is 227 g/mol. The SMILES string of the molecule is COCc1ccc(C)cc1C(Cl)C(N)=O. The number of nitrogens with two attached hydrogens (primary N) is 1. The molecular formula is C11H14ClNO2. The predicted molar refractivity (Wildman–Crippen MR) is 59.7 cm³/mol. The van der Waals surface area contributed by atoms with Gasteiger partial charge in [0.2, 0.25) is 5.91 Å². The Morgan fingerprint density at radius 2 is 2.27 bits per heavy atom. The normalized spacial score (nSPS) is 12.5. The number of halogens is 1. The van der Waals surface area contributed by atoms with Gasteiger partial charge in [0.1, 0.15) is 5.38 Å². The van der Waals surface area contributed by atoms with Crippen molar-refractivity contribution in [2.24, 2.45) is 5.73 Å². The molecule has 0 saturated carbocycles. The molecule has 15 heavy (non-hydrogen) atoms. The summed E-state index contributed by atoms with van der Waals surface area (Å²) in [6, 6.07) is 5.70. The number of hydrogen-bond acceptors (Lipinski definition) is 2. The molecule has 1 unspecified atom stereocenters. The van der Waals surface area contributed by atoms with Crippen molar-refractivity contribution in [3.8, 4) is 0 Å². The van der Waals surface area contributed by atoms with E-state index in [9.17, 15) is 4.79 Å². The maximum Gasteiger partial charge on any atom is 0.240 e. The number of primary amides is 1. The van der Waals surface area contributed by atoms with E-state index in [1.54, 1.807) is 7.11 Å². The van der Waals surface area contributed by atoms with E-state index in [0.29, 0.717) is 6.61 Å². The number of alkyl halides is 1. The molecule has 1 amide bonds. The number of benzene rings is 1. The minimum atomic E-state index is -0.796. The number of aryl methyl sites for hydroxylation is 1. The maximum atomic E-state index is 11.0. The molecule has 0 spiro atoms. The zero-order valence-corrected chi connectivity index (χ0v) is 9.54. The second-order valence-electron chi connectivity index (χ2n) is 3.40. The fraction of sp³-hybridized carbons (Fsp3) is 0.364. The average molecular weight is 228 g/mol. The zero-order valence-electron chi connectivity index (χ0n) is 8.79. The van der Waals surface area contributed by atoms with Crippen LogP contribution in [0.15, 0.2) is 18.2 Å². The molecule has 1 aromatic carbocycles. The zero-order chi connectivity index (χ0) is 11.4. The molecule has 1 rings (SSSR count). The first-order valence-corrected chi connectivity index (χ1v) is 5.01. The highest BCUT2D eigenvalue weighted by Gasteiger charge is 2.17. The first kappa shape index (κ1) is 12.0. The van der Waals surface area contributed by atoms with Gasteiger partial charge < -0.3 is 10.5 Å². The van der Waals surface area contributed by atoms with Crippen molar-refractivity contribution in [2.45, 2.75) is 18.9 Å². The third-order valence-corrected chi connectivity index (χ3v) is 2.57. The minimum Gasteiger partial charge on any atom is -0.380 e. The Morgan fingerprint density at radius 1 is 1.60 bits per heavy atom. The number of carbonyl (C=O) groups is 1. The average Bonchev–Trinajstić information content (AvgIpc) is 2.20. The van der Waals surface area contributed by atoms with Crippen LogP contribution in [0.1, 0.15) is 22.1 Å². The van der Waals surface area contributed by atoms with Crippen LogP contribution in [0.3, 0.4) is 0 Å². The lowest BCUT2D eigenvalue weighted by Crippen LogP contribution is -2.18.